The van der Waals surface area contributed by atoms with Crippen molar-refractivity contribution in [1.82, 2.24) is 4.98 Å². The SMILES string of the molecule is CS(=O)CCNc1nc(Cl)c(C#N)s1. The molecule has 0 radical (unpaired) electrons. The van der Waals surface area contributed by atoms with E-state index < -0.39 is 10.8 Å². The summed E-state index contributed by atoms with van der Waals surface area (Å²) in [5.41, 5.74) is 0. The van der Waals surface area contributed by atoms with E-state index in [1.807, 2.05) is 6.07 Å². The molecule has 0 fully saturated rings. The molecular weight excluding hydrogens is 242 g/mol. The van der Waals surface area contributed by atoms with E-state index in [2.05, 4.69) is 10.3 Å². The Morgan fingerprint density at radius 2 is 2.50 bits per heavy atom. The first-order chi connectivity index (χ1) is 6.63. The van der Waals surface area contributed by atoms with Crippen LogP contribution in [0.1, 0.15) is 4.88 Å². The van der Waals surface area contributed by atoms with Crippen LogP contribution in [0, 0.1) is 11.3 Å². The molecule has 1 N–H and O–H groups in total. The fourth-order valence-corrected chi connectivity index (χ4v) is 2.11. The molecule has 0 saturated carbocycles. The molecule has 1 unspecified atom stereocenters. The van der Waals surface area contributed by atoms with E-state index in [1.54, 1.807) is 6.26 Å². The van der Waals surface area contributed by atoms with Gasteiger partial charge in [-0.05, 0) is 0 Å². The Kier molecular flexibility index (Phi) is 4.32. The highest BCUT2D eigenvalue weighted by atomic mass is 35.5. The summed E-state index contributed by atoms with van der Waals surface area (Å²) in [6.45, 7) is 0.567. The van der Waals surface area contributed by atoms with E-state index in [-0.39, 0.29) is 5.15 Å². The molecule has 1 aromatic rings. The van der Waals surface area contributed by atoms with Crippen molar-refractivity contribution in [3.8, 4) is 6.07 Å². The van der Waals surface area contributed by atoms with E-state index in [1.165, 1.54) is 11.3 Å². The fourth-order valence-electron chi connectivity index (χ4n) is 0.748. The molecule has 1 heterocycles. The van der Waals surface area contributed by atoms with Gasteiger partial charge in [0.05, 0.1) is 0 Å². The van der Waals surface area contributed by atoms with Crippen LogP contribution >= 0.6 is 22.9 Å². The Morgan fingerprint density at radius 1 is 1.79 bits per heavy atom. The number of anilines is 1. The average Bonchev–Trinajstić information content (AvgIpc) is 2.45. The molecule has 1 aromatic heterocycles. The van der Waals surface area contributed by atoms with Gasteiger partial charge < -0.3 is 5.32 Å². The zero-order valence-electron chi connectivity index (χ0n) is 7.41. The predicted octanol–water partition coefficient (Wildman–Crippen LogP) is 1.46. The van der Waals surface area contributed by atoms with E-state index in [0.717, 1.165) is 0 Å². The van der Waals surface area contributed by atoms with Gasteiger partial charge in [0.1, 0.15) is 10.9 Å². The second-order valence-electron chi connectivity index (χ2n) is 2.45. The Balaban J connectivity index is 2.52. The van der Waals surface area contributed by atoms with Gasteiger partial charge in [-0.15, -0.1) is 0 Å². The summed E-state index contributed by atoms with van der Waals surface area (Å²) in [6, 6.07) is 1.94. The molecule has 0 amide bonds. The standard InChI is InChI=1S/C7H8ClN3OS2/c1-14(12)3-2-10-7-11-6(8)5(4-9)13-7/h2-3H2,1H3,(H,10,11). The van der Waals surface area contributed by atoms with E-state index >= 15 is 0 Å². The lowest BCUT2D eigenvalue weighted by Crippen LogP contribution is -2.09. The molecule has 0 aliphatic rings. The lowest BCUT2D eigenvalue weighted by Gasteiger charge is -1.98. The lowest BCUT2D eigenvalue weighted by atomic mass is 10.6. The van der Waals surface area contributed by atoms with Gasteiger partial charge in [0.15, 0.2) is 10.3 Å². The normalized spacial score (nSPS) is 12.1. The molecule has 0 aliphatic carbocycles. The zero-order chi connectivity index (χ0) is 10.6. The van der Waals surface area contributed by atoms with Crippen molar-refractivity contribution in [3.63, 3.8) is 0 Å². The van der Waals surface area contributed by atoms with E-state index in [0.29, 0.717) is 22.3 Å². The first kappa shape index (κ1) is 11.4. The van der Waals surface area contributed by atoms with Crippen LogP contribution in [0.4, 0.5) is 5.13 Å². The number of nitrogens with one attached hydrogen (secondary N) is 1. The number of hydrogen-bond donors (Lipinski definition) is 1. The molecule has 4 nitrogen and oxygen atoms in total. The summed E-state index contributed by atoms with van der Waals surface area (Å²) < 4.78 is 10.7. The number of nitriles is 1. The molecule has 76 valence electrons. The van der Waals surface area contributed by atoms with Crippen molar-refractivity contribution in [2.45, 2.75) is 0 Å². The minimum Gasteiger partial charge on any atom is -0.361 e. The maximum Gasteiger partial charge on any atom is 0.185 e. The topological polar surface area (TPSA) is 65.8 Å². The molecule has 7 heteroatoms. The molecule has 1 atom stereocenters. The molecular formula is C7H8ClN3OS2. The van der Waals surface area contributed by atoms with Crippen LogP contribution in [0.25, 0.3) is 0 Å². The van der Waals surface area contributed by atoms with Gasteiger partial charge in [-0.1, -0.05) is 22.9 Å². The minimum absolute atomic E-state index is 0.220. The van der Waals surface area contributed by atoms with Crippen molar-refractivity contribution < 1.29 is 4.21 Å². The molecule has 0 aromatic carbocycles. The van der Waals surface area contributed by atoms with Crippen LogP contribution in [-0.2, 0) is 10.8 Å². The van der Waals surface area contributed by atoms with Gasteiger partial charge >= 0.3 is 0 Å². The summed E-state index contributed by atoms with van der Waals surface area (Å²) in [5.74, 6) is 0.555. The number of hydrogen-bond acceptors (Lipinski definition) is 5. The summed E-state index contributed by atoms with van der Waals surface area (Å²) in [6.07, 6.45) is 1.64. The van der Waals surface area contributed by atoms with Gasteiger partial charge in [0.25, 0.3) is 0 Å². The number of halogens is 1. The average molecular weight is 250 g/mol. The molecule has 0 bridgehead atoms. The molecule has 0 spiro atoms. The molecule has 0 aliphatic heterocycles. The van der Waals surface area contributed by atoms with Crippen molar-refractivity contribution in [3.05, 3.63) is 10.0 Å². The van der Waals surface area contributed by atoms with Crippen LogP contribution in [0.2, 0.25) is 5.15 Å². The summed E-state index contributed by atoms with van der Waals surface area (Å²) >= 11 is 6.86. The zero-order valence-corrected chi connectivity index (χ0v) is 9.80. The molecule has 14 heavy (non-hydrogen) atoms. The fraction of sp³-hybridized carbons (Fsp3) is 0.429. The van der Waals surface area contributed by atoms with E-state index in [4.69, 9.17) is 16.9 Å². The van der Waals surface area contributed by atoms with Gasteiger partial charge in [-0.3, -0.25) is 4.21 Å². The third-order valence-electron chi connectivity index (χ3n) is 1.35. The van der Waals surface area contributed by atoms with E-state index in [9.17, 15) is 4.21 Å². The Hall–Kier alpha value is -0.640. The van der Waals surface area contributed by atoms with Gasteiger partial charge in [-0.2, -0.15) is 5.26 Å². The number of thiazole rings is 1. The Morgan fingerprint density at radius 3 is 3.00 bits per heavy atom. The third-order valence-corrected chi connectivity index (χ3v) is 3.44. The van der Waals surface area contributed by atoms with Crippen LogP contribution < -0.4 is 5.32 Å². The highest BCUT2D eigenvalue weighted by Crippen LogP contribution is 2.25. The second kappa shape index (κ2) is 5.29. The number of nitrogens with zero attached hydrogens (tertiary/aromatic N) is 2. The second-order valence-corrected chi connectivity index (χ2v) is 5.37. The lowest BCUT2D eigenvalue weighted by molar-refractivity contribution is 0.687. The van der Waals surface area contributed by atoms with Gasteiger partial charge in [-0.25, -0.2) is 4.98 Å². The largest absolute Gasteiger partial charge is 0.361 e. The monoisotopic (exact) mass is 249 g/mol. The molecule has 0 saturated heterocycles. The Bertz CT molecular complexity index is 385. The van der Waals surface area contributed by atoms with Crippen molar-refractivity contribution in [2.24, 2.45) is 0 Å². The Labute approximate surface area is 93.4 Å². The minimum atomic E-state index is -0.823. The van der Waals surface area contributed by atoms with Gasteiger partial charge in [0.2, 0.25) is 0 Å². The summed E-state index contributed by atoms with van der Waals surface area (Å²) in [5, 5.41) is 12.4. The van der Waals surface area contributed by atoms with Crippen LogP contribution in [0.5, 0.6) is 0 Å². The third kappa shape index (κ3) is 3.25. The van der Waals surface area contributed by atoms with Gasteiger partial charge in [0, 0.05) is 29.4 Å². The molecule has 1 rings (SSSR count). The smallest absolute Gasteiger partial charge is 0.185 e. The summed E-state index contributed by atoms with van der Waals surface area (Å²) in [7, 11) is -0.823. The maximum absolute atomic E-state index is 10.7. The first-order valence-electron chi connectivity index (χ1n) is 3.74. The van der Waals surface area contributed by atoms with Crippen LogP contribution in [0.3, 0.4) is 0 Å². The highest BCUT2D eigenvalue weighted by molar-refractivity contribution is 7.84. The highest BCUT2D eigenvalue weighted by Gasteiger charge is 2.07. The van der Waals surface area contributed by atoms with Crippen molar-refractivity contribution >= 4 is 38.9 Å². The predicted molar refractivity (Wildman–Crippen MR) is 59.3 cm³/mol. The number of aromatic nitrogens is 1. The first-order valence-corrected chi connectivity index (χ1v) is 6.66. The number of rotatable bonds is 4. The van der Waals surface area contributed by atoms with Crippen molar-refractivity contribution in [2.75, 3.05) is 23.9 Å². The van der Waals surface area contributed by atoms with Crippen LogP contribution in [-0.4, -0.2) is 27.7 Å². The maximum atomic E-state index is 10.7. The quantitative estimate of drug-likeness (QED) is 0.877. The summed E-state index contributed by atoms with van der Waals surface area (Å²) in [4.78, 5) is 4.32. The van der Waals surface area contributed by atoms with Crippen LogP contribution in [0.15, 0.2) is 0 Å². The van der Waals surface area contributed by atoms with Crippen molar-refractivity contribution in [1.29, 1.82) is 5.26 Å².